The Balaban J connectivity index is 1.64. The molecule has 1 amide bonds. The van der Waals surface area contributed by atoms with Crippen LogP contribution in [0.4, 0.5) is 18.9 Å². The Morgan fingerprint density at radius 2 is 1.90 bits per heavy atom. The van der Waals surface area contributed by atoms with Crippen molar-refractivity contribution in [1.82, 2.24) is 15.0 Å². The van der Waals surface area contributed by atoms with E-state index in [1.807, 2.05) is 0 Å². The van der Waals surface area contributed by atoms with Crippen molar-refractivity contribution >= 4 is 34.2 Å². The molecule has 2 heterocycles. The molecular formula is C21H14ClF3N4O2. The van der Waals surface area contributed by atoms with Crippen LogP contribution >= 0.6 is 11.6 Å². The van der Waals surface area contributed by atoms with E-state index >= 15 is 0 Å². The minimum atomic E-state index is -4.59. The van der Waals surface area contributed by atoms with E-state index in [-0.39, 0.29) is 17.0 Å². The Hall–Kier alpha value is -3.59. The molecule has 4 rings (SSSR count). The molecule has 2 aromatic heterocycles. The van der Waals surface area contributed by atoms with Crippen LogP contribution in [0.5, 0.6) is 5.75 Å². The van der Waals surface area contributed by atoms with Crippen molar-refractivity contribution in [3.63, 3.8) is 0 Å². The standard InChI is InChI=1S/C21H14ClF3N4O2/c1-10-12(6-8-17(26-10)21(23,24)25)20(31)27-11-5-7-14(22)13(9-11)19-28-15-3-2-4-16(30)18(15)29-19/h2-9,30H,1H3,(H,27,31)(H,28,29). The van der Waals surface area contributed by atoms with Crippen molar-refractivity contribution < 1.29 is 23.1 Å². The Labute approximate surface area is 178 Å². The lowest BCUT2D eigenvalue weighted by Gasteiger charge is -2.11. The van der Waals surface area contributed by atoms with Crippen molar-refractivity contribution in [3.05, 3.63) is 70.5 Å². The number of amides is 1. The van der Waals surface area contributed by atoms with E-state index in [2.05, 4.69) is 20.3 Å². The fourth-order valence-corrected chi connectivity index (χ4v) is 3.29. The summed E-state index contributed by atoms with van der Waals surface area (Å²) < 4.78 is 38.4. The minimum Gasteiger partial charge on any atom is -0.506 e. The molecule has 0 unspecified atom stereocenters. The third-order valence-electron chi connectivity index (χ3n) is 4.59. The maximum atomic E-state index is 12.8. The zero-order chi connectivity index (χ0) is 22.3. The number of H-pyrrole nitrogens is 1. The smallest absolute Gasteiger partial charge is 0.433 e. The van der Waals surface area contributed by atoms with Gasteiger partial charge in [0.2, 0.25) is 0 Å². The van der Waals surface area contributed by atoms with Crippen molar-refractivity contribution in [1.29, 1.82) is 0 Å². The number of imidazole rings is 1. The molecule has 3 N–H and O–H groups in total. The van der Waals surface area contributed by atoms with Crippen LogP contribution in [0.1, 0.15) is 21.7 Å². The molecule has 6 nitrogen and oxygen atoms in total. The van der Waals surface area contributed by atoms with Gasteiger partial charge in [-0.3, -0.25) is 4.79 Å². The first-order valence-corrected chi connectivity index (χ1v) is 9.35. The van der Waals surface area contributed by atoms with Gasteiger partial charge in [0.05, 0.1) is 21.8 Å². The molecule has 0 aliphatic carbocycles. The summed E-state index contributed by atoms with van der Waals surface area (Å²) in [6, 6.07) is 11.4. The SMILES string of the molecule is Cc1nc(C(F)(F)F)ccc1C(=O)Nc1ccc(Cl)c(-c2nc3c(O)cccc3[nH]2)c1. The van der Waals surface area contributed by atoms with E-state index < -0.39 is 17.8 Å². The van der Waals surface area contributed by atoms with Crippen molar-refractivity contribution in [2.45, 2.75) is 13.1 Å². The molecule has 0 saturated carbocycles. The summed E-state index contributed by atoms with van der Waals surface area (Å²) in [5, 5.41) is 12.9. The van der Waals surface area contributed by atoms with Gasteiger partial charge in [0.1, 0.15) is 22.8 Å². The lowest BCUT2D eigenvalue weighted by Crippen LogP contribution is -2.16. The molecular weight excluding hydrogens is 433 g/mol. The van der Waals surface area contributed by atoms with E-state index in [1.165, 1.54) is 13.0 Å². The first-order valence-electron chi connectivity index (χ1n) is 8.97. The number of halogens is 4. The number of carbonyl (C=O) groups is 1. The zero-order valence-electron chi connectivity index (χ0n) is 15.9. The van der Waals surface area contributed by atoms with E-state index in [4.69, 9.17) is 11.6 Å². The summed E-state index contributed by atoms with van der Waals surface area (Å²) in [5.41, 5.74) is 0.697. The number of nitrogens with zero attached hydrogens (tertiary/aromatic N) is 2. The molecule has 0 bridgehead atoms. The second-order valence-corrected chi connectivity index (χ2v) is 7.14. The number of para-hydroxylation sites is 1. The first-order chi connectivity index (χ1) is 14.6. The van der Waals surface area contributed by atoms with E-state index in [0.29, 0.717) is 33.1 Å². The Kier molecular flexibility index (Phi) is 5.06. The van der Waals surface area contributed by atoms with E-state index in [0.717, 1.165) is 12.1 Å². The van der Waals surface area contributed by atoms with Gasteiger partial charge in [0, 0.05) is 11.3 Å². The van der Waals surface area contributed by atoms with Gasteiger partial charge in [-0.05, 0) is 49.4 Å². The number of benzene rings is 2. The maximum Gasteiger partial charge on any atom is 0.433 e. The number of carbonyl (C=O) groups excluding carboxylic acids is 1. The van der Waals surface area contributed by atoms with E-state index in [9.17, 15) is 23.1 Å². The summed E-state index contributed by atoms with van der Waals surface area (Å²) in [5.74, 6) is -0.231. The molecule has 0 fully saturated rings. The van der Waals surface area contributed by atoms with Crippen molar-refractivity contribution in [3.8, 4) is 17.1 Å². The Morgan fingerprint density at radius 1 is 1.13 bits per heavy atom. The van der Waals surface area contributed by atoms with Crippen LogP contribution in [0, 0.1) is 6.92 Å². The first kappa shape index (κ1) is 20.7. The van der Waals surface area contributed by atoms with Gasteiger partial charge in [-0.15, -0.1) is 0 Å². The zero-order valence-corrected chi connectivity index (χ0v) is 16.6. The number of anilines is 1. The highest BCUT2D eigenvalue weighted by atomic mass is 35.5. The second kappa shape index (κ2) is 7.59. The summed E-state index contributed by atoms with van der Waals surface area (Å²) >= 11 is 6.29. The summed E-state index contributed by atoms with van der Waals surface area (Å²) in [7, 11) is 0. The van der Waals surface area contributed by atoms with Crippen LogP contribution in [0.2, 0.25) is 5.02 Å². The number of phenolic OH excluding ortho intramolecular Hbond substituents is 1. The van der Waals surface area contributed by atoms with Crippen LogP contribution in [0.25, 0.3) is 22.4 Å². The molecule has 0 saturated heterocycles. The second-order valence-electron chi connectivity index (χ2n) is 6.73. The fraction of sp³-hybridized carbons (Fsp3) is 0.0952. The monoisotopic (exact) mass is 446 g/mol. The Bertz CT molecular complexity index is 1320. The van der Waals surface area contributed by atoms with E-state index in [1.54, 1.807) is 30.3 Å². The predicted octanol–water partition coefficient (Wildman–Crippen LogP) is 5.56. The molecule has 0 aliphatic heterocycles. The highest BCUT2D eigenvalue weighted by Gasteiger charge is 2.33. The lowest BCUT2D eigenvalue weighted by molar-refractivity contribution is -0.141. The highest BCUT2D eigenvalue weighted by Crippen LogP contribution is 2.33. The van der Waals surface area contributed by atoms with Gasteiger partial charge < -0.3 is 15.4 Å². The van der Waals surface area contributed by atoms with Crippen LogP contribution in [-0.2, 0) is 6.18 Å². The number of phenols is 1. The average molecular weight is 447 g/mol. The number of aromatic hydroxyl groups is 1. The number of alkyl halides is 3. The highest BCUT2D eigenvalue weighted by molar-refractivity contribution is 6.33. The molecule has 31 heavy (non-hydrogen) atoms. The number of fused-ring (bicyclic) bond motifs is 1. The number of rotatable bonds is 3. The number of pyridine rings is 1. The summed E-state index contributed by atoms with van der Waals surface area (Å²) in [6.07, 6.45) is -4.59. The molecule has 4 aromatic rings. The fourth-order valence-electron chi connectivity index (χ4n) is 3.09. The molecule has 0 spiro atoms. The minimum absolute atomic E-state index is 0.00542. The Morgan fingerprint density at radius 3 is 2.58 bits per heavy atom. The number of aromatic amines is 1. The summed E-state index contributed by atoms with van der Waals surface area (Å²) in [4.78, 5) is 23.5. The van der Waals surface area contributed by atoms with Crippen LogP contribution in [-0.4, -0.2) is 26.0 Å². The maximum absolute atomic E-state index is 12.8. The topological polar surface area (TPSA) is 90.9 Å². The van der Waals surface area contributed by atoms with Gasteiger partial charge in [0.15, 0.2) is 0 Å². The molecule has 0 radical (unpaired) electrons. The van der Waals surface area contributed by atoms with Gasteiger partial charge in [-0.1, -0.05) is 17.7 Å². The van der Waals surface area contributed by atoms with Crippen molar-refractivity contribution in [2.75, 3.05) is 5.32 Å². The van der Waals surface area contributed by atoms with Gasteiger partial charge in [-0.2, -0.15) is 13.2 Å². The molecule has 2 aromatic carbocycles. The van der Waals surface area contributed by atoms with Gasteiger partial charge in [0.25, 0.3) is 5.91 Å². The quantitative estimate of drug-likeness (QED) is 0.384. The normalized spacial score (nSPS) is 11.6. The van der Waals surface area contributed by atoms with Crippen LogP contribution in [0.3, 0.4) is 0 Å². The molecule has 10 heteroatoms. The number of aryl methyl sites for hydroxylation is 1. The van der Waals surface area contributed by atoms with Crippen LogP contribution < -0.4 is 5.32 Å². The number of hydrogen-bond donors (Lipinski definition) is 3. The number of nitrogens with one attached hydrogen (secondary N) is 2. The van der Waals surface area contributed by atoms with Crippen LogP contribution in [0.15, 0.2) is 48.5 Å². The molecule has 158 valence electrons. The predicted molar refractivity (Wildman–Crippen MR) is 110 cm³/mol. The lowest BCUT2D eigenvalue weighted by atomic mass is 10.1. The van der Waals surface area contributed by atoms with Gasteiger partial charge in [-0.25, -0.2) is 9.97 Å². The molecule has 0 atom stereocenters. The largest absolute Gasteiger partial charge is 0.506 e. The number of aromatic nitrogens is 3. The average Bonchev–Trinajstić information content (AvgIpc) is 3.14. The van der Waals surface area contributed by atoms with Crippen molar-refractivity contribution in [2.24, 2.45) is 0 Å². The summed E-state index contributed by atoms with van der Waals surface area (Å²) in [6.45, 7) is 1.33. The third-order valence-corrected chi connectivity index (χ3v) is 4.92. The molecule has 0 aliphatic rings. The number of hydrogen-bond acceptors (Lipinski definition) is 4. The third kappa shape index (κ3) is 4.04. The van der Waals surface area contributed by atoms with Gasteiger partial charge >= 0.3 is 6.18 Å².